The van der Waals surface area contributed by atoms with Gasteiger partial charge in [0.15, 0.2) is 11.4 Å². The number of morpholine rings is 1. The third-order valence-electron chi connectivity index (χ3n) is 8.20. The minimum Gasteiger partial charge on any atom is -0.481 e. The number of likely N-dealkylation sites (tertiary alicyclic amines) is 2. The number of anilines is 3. The molecule has 0 aromatic carbocycles. The first-order valence-corrected chi connectivity index (χ1v) is 13.7. The summed E-state index contributed by atoms with van der Waals surface area (Å²) in [6.07, 6.45) is 3.41. The van der Waals surface area contributed by atoms with E-state index in [1.807, 2.05) is 30.2 Å². The van der Waals surface area contributed by atoms with Gasteiger partial charge in [-0.1, -0.05) is 5.92 Å². The van der Waals surface area contributed by atoms with Crippen LogP contribution in [0.4, 0.5) is 17.2 Å². The van der Waals surface area contributed by atoms with E-state index < -0.39 is 0 Å². The second-order valence-electron chi connectivity index (χ2n) is 10.5. The Bertz CT molecular complexity index is 1360. The van der Waals surface area contributed by atoms with Gasteiger partial charge in [0.05, 0.1) is 24.5 Å². The number of nitrogens with one attached hydrogen (secondary N) is 1. The molecule has 10 heteroatoms. The topological polar surface area (TPSA) is 107 Å². The Morgan fingerprint density at radius 1 is 1.18 bits per heavy atom. The monoisotopic (exact) mass is 527 g/mol. The van der Waals surface area contributed by atoms with Gasteiger partial charge < -0.3 is 24.6 Å². The Labute approximate surface area is 228 Å². The summed E-state index contributed by atoms with van der Waals surface area (Å²) in [5.74, 6) is 6.73. The molecule has 0 saturated carbocycles. The van der Waals surface area contributed by atoms with E-state index in [1.54, 1.807) is 6.92 Å². The number of piperidine rings is 1. The Kier molecular flexibility index (Phi) is 6.99. The maximum atomic E-state index is 12.1. The van der Waals surface area contributed by atoms with E-state index in [2.05, 4.69) is 38.0 Å². The zero-order valence-electron chi connectivity index (χ0n) is 22.4. The summed E-state index contributed by atoms with van der Waals surface area (Å²) in [6.45, 7) is 9.95. The van der Waals surface area contributed by atoms with Gasteiger partial charge >= 0.3 is 0 Å². The molecule has 0 unspecified atom stereocenters. The van der Waals surface area contributed by atoms with Crippen LogP contribution in [0.1, 0.15) is 55.7 Å². The summed E-state index contributed by atoms with van der Waals surface area (Å²) in [5.41, 5.74) is 3.97. The number of nitriles is 1. The number of rotatable bonds is 3. The molecule has 10 nitrogen and oxygen atoms in total. The predicted octanol–water partition coefficient (Wildman–Crippen LogP) is 2.80. The number of fused-ring (bicyclic) bond motifs is 2. The molecule has 4 aliphatic rings. The first-order valence-electron chi connectivity index (χ1n) is 13.7. The fraction of sp³-hybridized carbons (Fsp3) is 0.517. The van der Waals surface area contributed by atoms with Crippen molar-refractivity contribution in [3.05, 3.63) is 35.3 Å². The Balaban J connectivity index is 1.19. The molecule has 6 rings (SSSR count). The zero-order chi connectivity index (χ0) is 26.9. The van der Waals surface area contributed by atoms with Crippen LogP contribution in [0.25, 0.3) is 0 Å². The number of nitrogens with zero attached hydrogens (tertiary/aromatic N) is 6. The number of carbonyl (C=O) groups excluding carboxylic acids is 1. The molecule has 1 N–H and O–H groups in total. The lowest BCUT2D eigenvalue weighted by Gasteiger charge is -2.46. The lowest BCUT2D eigenvalue weighted by atomic mass is 9.90. The highest BCUT2D eigenvalue weighted by Gasteiger charge is 2.37. The summed E-state index contributed by atoms with van der Waals surface area (Å²) in [6, 6.07) is 6.76. The van der Waals surface area contributed by atoms with Crippen LogP contribution in [0.15, 0.2) is 18.3 Å². The van der Waals surface area contributed by atoms with Crippen molar-refractivity contribution in [1.82, 2.24) is 19.8 Å². The first kappa shape index (κ1) is 25.4. The van der Waals surface area contributed by atoms with Crippen LogP contribution >= 0.6 is 0 Å². The number of amides is 1. The van der Waals surface area contributed by atoms with Crippen molar-refractivity contribution in [3.8, 4) is 23.7 Å². The van der Waals surface area contributed by atoms with Crippen LogP contribution < -0.4 is 15.0 Å². The minimum atomic E-state index is -0.305. The molecule has 1 atom stereocenters. The number of carbonyl (C=O) groups is 1. The van der Waals surface area contributed by atoms with E-state index in [0.717, 1.165) is 80.6 Å². The van der Waals surface area contributed by atoms with Crippen molar-refractivity contribution in [3.63, 3.8) is 0 Å². The Hall–Kier alpha value is -3.86. The minimum absolute atomic E-state index is 0.0761. The highest BCUT2D eigenvalue weighted by Crippen LogP contribution is 2.44. The number of hydrogen-bond donors (Lipinski definition) is 1. The molecule has 2 aromatic rings. The molecule has 3 saturated heterocycles. The quantitative estimate of drug-likeness (QED) is 0.603. The number of aromatic nitrogens is 2. The van der Waals surface area contributed by atoms with Crippen LogP contribution in [0, 0.1) is 23.2 Å². The summed E-state index contributed by atoms with van der Waals surface area (Å²) < 4.78 is 11.9. The molecule has 0 aliphatic carbocycles. The van der Waals surface area contributed by atoms with Gasteiger partial charge in [-0.15, -0.1) is 0 Å². The van der Waals surface area contributed by atoms with Crippen molar-refractivity contribution in [2.45, 2.75) is 44.8 Å². The molecule has 39 heavy (non-hydrogen) atoms. The largest absolute Gasteiger partial charge is 0.481 e. The van der Waals surface area contributed by atoms with Gasteiger partial charge in [0.1, 0.15) is 18.0 Å². The van der Waals surface area contributed by atoms with Gasteiger partial charge in [0.2, 0.25) is 0 Å². The second kappa shape index (κ2) is 10.7. The normalized spacial score (nSPS) is 21.6. The molecule has 0 bridgehead atoms. The van der Waals surface area contributed by atoms with Gasteiger partial charge in [0.25, 0.3) is 5.91 Å². The van der Waals surface area contributed by atoms with Gasteiger partial charge in [-0.25, -0.2) is 9.97 Å². The van der Waals surface area contributed by atoms with Crippen molar-refractivity contribution < 1.29 is 14.3 Å². The van der Waals surface area contributed by atoms with E-state index >= 15 is 0 Å². The molecule has 0 spiro atoms. The van der Waals surface area contributed by atoms with E-state index in [4.69, 9.17) is 14.5 Å². The molecular weight excluding hydrogens is 494 g/mol. The lowest BCUT2D eigenvalue weighted by molar-refractivity contribution is -0.126. The summed E-state index contributed by atoms with van der Waals surface area (Å²) >= 11 is 0. The molecule has 3 fully saturated rings. The smallest absolute Gasteiger partial charge is 0.298 e. The standard InChI is InChI=1S/C29H33N7O3/c1-3-4-26(37)35-9-6-21(7-10-35)36-17-20(18-36)22-15-23-28(24(16-30)32-22)39-19(2)27-25(5-8-31-29(27)33-23)34-11-13-38-14-12-34/h5,8,15,19-21H,6-7,9-14,17-18H2,1-2H3,(H,31,33)/t19-/m1/s1. The number of hydrogen-bond acceptors (Lipinski definition) is 9. The van der Waals surface area contributed by atoms with Crippen molar-refractivity contribution in [2.75, 3.05) is 62.7 Å². The molecular formula is C29H33N7O3. The summed E-state index contributed by atoms with van der Waals surface area (Å²) in [5, 5.41) is 13.5. The first-order chi connectivity index (χ1) is 19.1. The summed E-state index contributed by atoms with van der Waals surface area (Å²) in [4.78, 5) is 28.1. The van der Waals surface area contributed by atoms with Gasteiger partial charge in [-0.05, 0) is 44.7 Å². The van der Waals surface area contributed by atoms with Gasteiger partial charge in [0, 0.05) is 68.8 Å². The second-order valence-corrected chi connectivity index (χ2v) is 10.5. The van der Waals surface area contributed by atoms with Crippen molar-refractivity contribution in [2.24, 2.45) is 0 Å². The molecule has 0 radical (unpaired) electrons. The third-order valence-corrected chi connectivity index (χ3v) is 8.20. The molecule has 4 aliphatic heterocycles. The van der Waals surface area contributed by atoms with E-state index in [1.165, 1.54) is 0 Å². The Morgan fingerprint density at radius 2 is 1.95 bits per heavy atom. The molecule has 202 valence electrons. The van der Waals surface area contributed by atoms with E-state index in [0.29, 0.717) is 30.7 Å². The van der Waals surface area contributed by atoms with Crippen molar-refractivity contribution in [1.29, 1.82) is 5.26 Å². The summed E-state index contributed by atoms with van der Waals surface area (Å²) in [7, 11) is 0. The van der Waals surface area contributed by atoms with Gasteiger partial charge in [-0.3, -0.25) is 9.69 Å². The Morgan fingerprint density at radius 3 is 2.67 bits per heavy atom. The van der Waals surface area contributed by atoms with Gasteiger partial charge in [-0.2, -0.15) is 5.26 Å². The number of ether oxygens (including phenoxy) is 2. The maximum Gasteiger partial charge on any atom is 0.298 e. The molecule has 6 heterocycles. The highest BCUT2D eigenvalue weighted by molar-refractivity contribution is 5.93. The predicted molar refractivity (Wildman–Crippen MR) is 146 cm³/mol. The lowest BCUT2D eigenvalue weighted by Crippen LogP contribution is -2.54. The van der Waals surface area contributed by atoms with E-state index in [9.17, 15) is 10.1 Å². The van der Waals surface area contributed by atoms with Crippen LogP contribution in [0.2, 0.25) is 0 Å². The zero-order valence-corrected chi connectivity index (χ0v) is 22.4. The average Bonchev–Trinajstić information content (AvgIpc) is 3.08. The van der Waals surface area contributed by atoms with E-state index in [-0.39, 0.29) is 17.9 Å². The average molecular weight is 528 g/mol. The van der Waals surface area contributed by atoms with Crippen molar-refractivity contribution >= 4 is 23.1 Å². The molecule has 1 amide bonds. The number of pyridine rings is 2. The third kappa shape index (κ3) is 4.87. The fourth-order valence-corrected chi connectivity index (χ4v) is 6.07. The fourth-order valence-electron chi connectivity index (χ4n) is 6.07. The van der Waals surface area contributed by atoms with Crippen LogP contribution in [-0.4, -0.2) is 84.2 Å². The van der Waals surface area contributed by atoms with Crippen LogP contribution in [0.5, 0.6) is 5.75 Å². The van der Waals surface area contributed by atoms with Crippen LogP contribution in [0.3, 0.4) is 0 Å². The maximum absolute atomic E-state index is 12.1. The van der Waals surface area contributed by atoms with Crippen LogP contribution in [-0.2, 0) is 9.53 Å². The molecule has 2 aromatic heterocycles. The SMILES string of the molecule is CC#CC(=O)N1CCC(N2CC(c3cc4c(c(C#N)n3)O[C@H](C)c3c(N5CCOCC5)ccnc3N4)C2)CC1. The highest BCUT2D eigenvalue weighted by atomic mass is 16.5.